The van der Waals surface area contributed by atoms with Gasteiger partial charge in [-0.2, -0.15) is 0 Å². The Morgan fingerprint density at radius 1 is 0.885 bits per heavy atom. The van der Waals surface area contributed by atoms with Crippen LogP contribution in [0.15, 0.2) is 0 Å². The lowest BCUT2D eigenvalue weighted by molar-refractivity contribution is -0.151. The number of ether oxygens (including phenoxy) is 1. The first-order valence-electron chi connectivity index (χ1n) is 10.9. The van der Waals surface area contributed by atoms with E-state index in [2.05, 4.69) is 13.8 Å². The zero-order valence-electron chi connectivity index (χ0n) is 17.1. The molecule has 4 aliphatic carbocycles. The van der Waals surface area contributed by atoms with Crippen molar-refractivity contribution < 1.29 is 14.3 Å². The number of carbonyl (C=O) groups is 2. The van der Waals surface area contributed by atoms with E-state index in [1.165, 1.54) is 51.9 Å². The van der Waals surface area contributed by atoms with Gasteiger partial charge in [0.15, 0.2) is 0 Å². The molecule has 0 unspecified atom stereocenters. The molecule has 0 radical (unpaired) electrons. The highest BCUT2D eigenvalue weighted by Crippen LogP contribution is 2.67. The van der Waals surface area contributed by atoms with Crippen LogP contribution in [-0.4, -0.2) is 17.9 Å². The molecule has 0 bridgehead atoms. The predicted octanol–water partition coefficient (Wildman–Crippen LogP) is 5.17. The quantitative estimate of drug-likeness (QED) is 0.638. The van der Waals surface area contributed by atoms with Gasteiger partial charge in [-0.05, 0) is 86.4 Å². The van der Waals surface area contributed by atoms with Gasteiger partial charge in [0.05, 0.1) is 5.92 Å². The minimum Gasteiger partial charge on any atom is -0.462 e. The van der Waals surface area contributed by atoms with Gasteiger partial charge in [-0.3, -0.25) is 9.59 Å². The normalized spacial score (nSPS) is 50.3. The second-order valence-electron chi connectivity index (χ2n) is 10.4. The van der Waals surface area contributed by atoms with E-state index in [1.807, 2.05) is 0 Å². The number of carbonyl (C=O) groups excluding carboxylic acids is 2. The molecule has 0 spiro atoms. The minimum absolute atomic E-state index is 0.0188. The molecule has 0 aromatic heterocycles. The molecular formula is C23H36O3. The van der Waals surface area contributed by atoms with E-state index in [4.69, 9.17) is 4.74 Å². The minimum atomic E-state index is -0.233. The number of hydrogen-bond acceptors (Lipinski definition) is 3. The van der Waals surface area contributed by atoms with Crippen LogP contribution in [0.4, 0.5) is 0 Å². The summed E-state index contributed by atoms with van der Waals surface area (Å²) >= 11 is 0. The molecule has 0 aliphatic heterocycles. The van der Waals surface area contributed by atoms with E-state index in [9.17, 15) is 9.59 Å². The van der Waals surface area contributed by atoms with Crippen molar-refractivity contribution in [1.29, 1.82) is 0 Å². The lowest BCUT2D eigenvalue weighted by atomic mass is 9.45. The third-order valence-electron chi connectivity index (χ3n) is 9.34. The first-order valence-corrected chi connectivity index (χ1v) is 10.9. The topological polar surface area (TPSA) is 43.4 Å². The van der Waals surface area contributed by atoms with Gasteiger partial charge in [-0.15, -0.1) is 0 Å². The molecule has 3 heteroatoms. The van der Waals surface area contributed by atoms with Crippen LogP contribution < -0.4 is 0 Å². The summed E-state index contributed by atoms with van der Waals surface area (Å²) in [6, 6.07) is 0. The third-order valence-corrected chi connectivity index (χ3v) is 9.34. The molecular weight excluding hydrogens is 324 g/mol. The molecule has 0 N–H and O–H groups in total. The summed E-state index contributed by atoms with van der Waals surface area (Å²) in [5.74, 6) is 2.86. The third kappa shape index (κ3) is 2.59. The zero-order valence-corrected chi connectivity index (χ0v) is 17.1. The molecule has 0 aromatic rings. The van der Waals surface area contributed by atoms with Crippen molar-refractivity contribution in [2.75, 3.05) is 0 Å². The number of esters is 1. The fourth-order valence-electron chi connectivity index (χ4n) is 8.34. The number of rotatable bonds is 2. The molecule has 4 saturated carbocycles. The molecule has 3 nitrogen and oxygen atoms in total. The highest BCUT2D eigenvalue weighted by atomic mass is 16.5. The molecule has 4 aliphatic rings. The Labute approximate surface area is 158 Å². The molecule has 0 saturated heterocycles. The average Bonchev–Trinajstić information content (AvgIpc) is 2.85. The van der Waals surface area contributed by atoms with Crippen LogP contribution in [-0.2, 0) is 14.3 Å². The number of hydrogen-bond donors (Lipinski definition) is 0. The highest BCUT2D eigenvalue weighted by Gasteiger charge is 2.63. The lowest BCUT2D eigenvalue weighted by Crippen LogP contribution is -2.53. The summed E-state index contributed by atoms with van der Waals surface area (Å²) in [6.07, 6.45) is 11.4. The van der Waals surface area contributed by atoms with Crippen molar-refractivity contribution >= 4 is 11.8 Å². The predicted molar refractivity (Wildman–Crippen MR) is 101 cm³/mol. The number of fused-ring (bicyclic) bond motifs is 5. The average molecular weight is 361 g/mol. The fourth-order valence-corrected chi connectivity index (χ4v) is 8.34. The molecule has 4 fully saturated rings. The van der Waals surface area contributed by atoms with Crippen LogP contribution in [0.25, 0.3) is 0 Å². The van der Waals surface area contributed by atoms with Crippen molar-refractivity contribution in [3.8, 4) is 0 Å². The Hall–Kier alpha value is -0.860. The van der Waals surface area contributed by atoms with Gasteiger partial charge >= 0.3 is 5.97 Å². The monoisotopic (exact) mass is 360 g/mol. The summed E-state index contributed by atoms with van der Waals surface area (Å²) in [5, 5.41) is 0. The van der Waals surface area contributed by atoms with Crippen molar-refractivity contribution in [3.05, 3.63) is 0 Å². The number of ketones is 1. The van der Waals surface area contributed by atoms with E-state index in [-0.39, 0.29) is 29.2 Å². The van der Waals surface area contributed by atoms with E-state index in [0.29, 0.717) is 11.3 Å². The van der Waals surface area contributed by atoms with E-state index in [1.54, 1.807) is 6.92 Å². The van der Waals surface area contributed by atoms with E-state index in [0.717, 1.165) is 30.6 Å². The summed E-state index contributed by atoms with van der Waals surface area (Å²) in [6.45, 7) is 8.11. The van der Waals surface area contributed by atoms with Crippen molar-refractivity contribution in [2.24, 2.45) is 40.4 Å². The maximum atomic E-state index is 12.6. The van der Waals surface area contributed by atoms with Crippen molar-refractivity contribution in [2.45, 2.75) is 91.6 Å². The first kappa shape index (κ1) is 18.5. The van der Waals surface area contributed by atoms with Crippen molar-refractivity contribution in [3.63, 3.8) is 0 Å². The molecule has 4 rings (SSSR count). The SMILES string of the molecule is CC(=O)O[C@H]1C[C@@H]2[C@H]3CC[C@H]4CCCC[C@]4(C)[C@@H]3CC[C@]2(C)[C@@H]1C(C)=O. The molecule has 8 atom stereocenters. The summed E-state index contributed by atoms with van der Waals surface area (Å²) < 4.78 is 5.69. The molecule has 0 heterocycles. The Morgan fingerprint density at radius 3 is 2.35 bits per heavy atom. The summed E-state index contributed by atoms with van der Waals surface area (Å²) in [5.41, 5.74) is 0.527. The van der Waals surface area contributed by atoms with Gasteiger partial charge in [-0.1, -0.05) is 26.7 Å². The standard InChI is InChI=1S/C23H36O3/c1-14(24)21-20(26-15(2)25)13-19-17-9-8-16-7-5-6-11-22(16,3)18(17)10-12-23(19,21)4/h16-21H,5-13H2,1-4H3/t16-,17+,18-,19-,20+,21-,22+,23+/m1/s1. The van der Waals surface area contributed by atoms with Gasteiger partial charge in [0, 0.05) is 6.92 Å². The largest absolute Gasteiger partial charge is 0.462 e. The van der Waals surface area contributed by atoms with Gasteiger partial charge in [0.25, 0.3) is 0 Å². The van der Waals surface area contributed by atoms with Crippen LogP contribution >= 0.6 is 0 Å². The molecule has 146 valence electrons. The van der Waals surface area contributed by atoms with Crippen LogP contribution in [0.1, 0.15) is 85.5 Å². The Bertz CT molecular complexity index is 598. The Kier molecular flexibility index (Phi) is 4.51. The summed E-state index contributed by atoms with van der Waals surface area (Å²) in [4.78, 5) is 24.2. The smallest absolute Gasteiger partial charge is 0.302 e. The van der Waals surface area contributed by atoms with Gasteiger partial charge in [0.2, 0.25) is 0 Å². The molecule has 26 heavy (non-hydrogen) atoms. The van der Waals surface area contributed by atoms with Crippen molar-refractivity contribution in [1.82, 2.24) is 0 Å². The molecule has 0 amide bonds. The maximum Gasteiger partial charge on any atom is 0.302 e. The number of Topliss-reactive ketones (excluding diaryl/α,β-unsaturated/α-hetero) is 1. The van der Waals surface area contributed by atoms with Crippen LogP contribution in [0.5, 0.6) is 0 Å². The second kappa shape index (κ2) is 6.34. The second-order valence-corrected chi connectivity index (χ2v) is 10.4. The summed E-state index contributed by atoms with van der Waals surface area (Å²) in [7, 11) is 0. The Morgan fingerprint density at radius 2 is 1.65 bits per heavy atom. The maximum absolute atomic E-state index is 12.6. The Balaban J connectivity index is 1.65. The van der Waals surface area contributed by atoms with Crippen LogP contribution in [0, 0.1) is 40.4 Å². The van der Waals surface area contributed by atoms with Gasteiger partial charge in [0.1, 0.15) is 11.9 Å². The fraction of sp³-hybridized carbons (Fsp3) is 0.913. The van der Waals surface area contributed by atoms with Gasteiger partial charge < -0.3 is 4.74 Å². The lowest BCUT2D eigenvalue weighted by Gasteiger charge is -2.60. The van der Waals surface area contributed by atoms with Crippen LogP contribution in [0.3, 0.4) is 0 Å². The first-order chi connectivity index (χ1) is 12.3. The van der Waals surface area contributed by atoms with E-state index >= 15 is 0 Å². The van der Waals surface area contributed by atoms with E-state index < -0.39 is 0 Å². The molecule has 0 aromatic carbocycles. The highest BCUT2D eigenvalue weighted by molar-refractivity contribution is 5.81. The van der Waals surface area contributed by atoms with Crippen LogP contribution in [0.2, 0.25) is 0 Å². The zero-order chi connectivity index (χ0) is 18.7. The van der Waals surface area contributed by atoms with Gasteiger partial charge in [-0.25, -0.2) is 0 Å².